The molecule has 1 unspecified atom stereocenters. The molecule has 2 rings (SSSR count). The summed E-state index contributed by atoms with van der Waals surface area (Å²) in [6, 6.07) is 15.2. The maximum atomic E-state index is 13.2. The minimum absolute atomic E-state index is 0.0839. The predicted molar refractivity (Wildman–Crippen MR) is 79.0 cm³/mol. The van der Waals surface area contributed by atoms with Crippen LogP contribution in [0.15, 0.2) is 48.5 Å². The molecule has 0 saturated heterocycles. The van der Waals surface area contributed by atoms with E-state index in [4.69, 9.17) is 0 Å². The molecule has 1 nitrogen and oxygen atoms in total. The van der Waals surface area contributed by atoms with Crippen LogP contribution in [0.2, 0.25) is 0 Å². The molecule has 0 amide bonds. The Balaban J connectivity index is 2.08. The van der Waals surface area contributed by atoms with Gasteiger partial charge in [-0.3, -0.25) is 0 Å². The molecule has 0 aliphatic carbocycles. The summed E-state index contributed by atoms with van der Waals surface area (Å²) in [6.45, 7) is 6.39. The Morgan fingerprint density at radius 3 is 2.16 bits per heavy atom. The second kappa shape index (κ2) is 5.87. The maximum absolute atomic E-state index is 13.2. The number of benzene rings is 2. The van der Waals surface area contributed by atoms with E-state index in [1.54, 1.807) is 12.1 Å². The minimum atomic E-state index is -0.193. The molecule has 0 aliphatic heterocycles. The van der Waals surface area contributed by atoms with Crippen LogP contribution in [0, 0.1) is 5.82 Å². The summed E-state index contributed by atoms with van der Waals surface area (Å²) < 4.78 is 13.2. The van der Waals surface area contributed by atoms with Crippen molar-refractivity contribution in [2.45, 2.75) is 32.7 Å². The van der Waals surface area contributed by atoms with Gasteiger partial charge in [0.15, 0.2) is 0 Å². The fourth-order valence-corrected chi connectivity index (χ4v) is 2.07. The monoisotopic (exact) mass is 257 g/mol. The Hall–Kier alpha value is -1.83. The van der Waals surface area contributed by atoms with Crippen molar-refractivity contribution in [1.82, 2.24) is 0 Å². The van der Waals surface area contributed by atoms with Gasteiger partial charge in [0, 0.05) is 11.7 Å². The van der Waals surface area contributed by atoms with Gasteiger partial charge < -0.3 is 5.32 Å². The third-order valence-electron chi connectivity index (χ3n) is 3.31. The Morgan fingerprint density at radius 1 is 0.895 bits per heavy atom. The number of anilines is 1. The van der Waals surface area contributed by atoms with Crippen LogP contribution in [0.4, 0.5) is 10.1 Å². The van der Waals surface area contributed by atoms with E-state index in [9.17, 15) is 4.39 Å². The highest BCUT2D eigenvalue weighted by Gasteiger charge is 2.06. The van der Waals surface area contributed by atoms with Gasteiger partial charge in [-0.15, -0.1) is 0 Å². The number of rotatable bonds is 4. The molecule has 0 saturated carbocycles. The first-order valence-corrected chi connectivity index (χ1v) is 6.68. The molecule has 0 bridgehead atoms. The highest BCUT2D eigenvalue weighted by Crippen LogP contribution is 2.22. The fourth-order valence-electron chi connectivity index (χ4n) is 2.07. The first kappa shape index (κ1) is 13.6. The lowest BCUT2D eigenvalue weighted by Gasteiger charge is -2.16. The largest absolute Gasteiger partial charge is 0.379 e. The van der Waals surface area contributed by atoms with Gasteiger partial charge in [0.2, 0.25) is 0 Å². The van der Waals surface area contributed by atoms with E-state index < -0.39 is 0 Å². The zero-order valence-corrected chi connectivity index (χ0v) is 11.7. The second-order valence-electron chi connectivity index (χ2n) is 5.20. The quantitative estimate of drug-likeness (QED) is 0.801. The summed E-state index contributed by atoms with van der Waals surface area (Å²) in [5.74, 6) is 0.344. The molecule has 0 aliphatic rings. The summed E-state index contributed by atoms with van der Waals surface area (Å²) in [5, 5.41) is 3.38. The molecule has 2 aromatic carbocycles. The minimum Gasteiger partial charge on any atom is -0.379 e. The van der Waals surface area contributed by atoms with Crippen LogP contribution in [0.25, 0.3) is 0 Å². The molecule has 100 valence electrons. The number of nitrogens with one attached hydrogen (secondary N) is 1. The van der Waals surface area contributed by atoms with Crippen molar-refractivity contribution >= 4 is 5.69 Å². The van der Waals surface area contributed by atoms with E-state index in [2.05, 4.69) is 43.4 Å². The van der Waals surface area contributed by atoms with Crippen molar-refractivity contribution < 1.29 is 4.39 Å². The van der Waals surface area contributed by atoms with Gasteiger partial charge in [0.1, 0.15) is 5.82 Å². The number of halogens is 1. The molecule has 2 heteroatoms. The molecule has 1 N–H and O–H groups in total. The molecule has 0 aromatic heterocycles. The Bertz CT molecular complexity index is 531. The van der Waals surface area contributed by atoms with Gasteiger partial charge in [-0.25, -0.2) is 4.39 Å². The van der Waals surface area contributed by atoms with E-state index in [1.165, 1.54) is 11.6 Å². The van der Waals surface area contributed by atoms with E-state index in [1.807, 2.05) is 13.0 Å². The number of hydrogen-bond acceptors (Lipinski definition) is 1. The average Bonchev–Trinajstić information content (AvgIpc) is 2.39. The molecule has 0 spiro atoms. The maximum Gasteiger partial charge on any atom is 0.123 e. The van der Waals surface area contributed by atoms with Crippen molar-refractivity contribution in [1.29, 1.82) is 0 Å². The summed E-state index contributed by atoms with van der Waals surface area (Å²) in [6.07, 6.45) is 0. The van der Waals surface area contributed by atoms with Crippen molar-refractivity contribution in [3.63, 3.8) is 0 Å². The van der Waals surface area contributed by atoms with Crippen molar-refractivity contribution in [2.24, 2.45) is 0 Å². The average molecular weight is 257 g/mol. The smallest absolute Gasteiger partial charge is 0.123 e. The zero-order chi connectivity index (χ0) is 13.8. The first-order chi connectivity index (χ1) is 9.06. The highest BCUT2D eigenvalue weighted by molar-refractivity contribution is 5.47. The molecule has 19 heavy (non-hydrogen) atoms. The first-order valence-electron chi connectivity index (χ1n) is 6.68. The van der Waals surface area contributed by atoms with Gasteiger partial charge in [-0.2, -0.15) is 0 Å². The molecule has 2 aromatic rings. The predicted octanol–water partition coefficient (Wildman–Crippen LogP) is 5.12. The summed E-state index contributed by atoms with van der Waals surface area (Å²) in [4.78, 5) is 0. The van der Waals surface area contributed by atoms with Crippen molar-refractivity contribution in [3.8, 4) is 0 Å². The van der Waals surface area contributed by atoms with E-state index >= 15 is 0 Å². The van der Waals surface area contributed by atoms with Crippen LogP contribution >= 0.6 is 0 Å². The topological polar surface area (TPSA) is 12.0 Å². The lowest BCUT2D eigenvalue weighted by molar-refractivity contribution is 0.623. The van der Waals surface area contributed by atoms with E-state index in [0.29, 0.717) is 5.92 Å². The van der Waals surface area contributed by atoms with Gasteiger partial charge >= 0.3 is 0 Å². The van der Waals surface area contributed by atoms with Crippen LogP contribution in [0.3, 0.4) is 0 Å². The fraction of sp³-hybridized carbons (Fsp3) is 0.294. The second-order valence-corrected chi connectivity index (χ2v) is 5.20. The standard InChI is InChI=1S/C17H20FN/c1-12(2)14-7-9-17(10-8-14)19-13(3)15-5-4-6-16(18)11-15/h4-13,19H,1-3H3. The van der Waals surface area contributed by atoms with E-state index in [0.717, 1.165) is 11.3 Å². The molecule has 1 atom stereocenters. The zero-order valence-electron chi connectivity index (χ0n) is 11.7. The molecular weight excluding hydrogens is 237 g/mol. The van der Waals surface area contributed by atoms with Crippen molar-refractivity contribution in [2.75, 3.05) is 5.32 Å². The van der Waals surface area contributed by atoms with Gasteiger partial charge in [-0.1, -0.05) is 38.1 Å². The lowest BCUT2D eigenvalue weighted by Crippen LogP contribution is -2.06. The highest BCUT2D eigenvalue weighted by atomic mass is 19.1. The van der Waals surface area contributed by atoms with Crippen LogP contribution in [-0.2, 0) is 0 Å². The van der Waals surface area contributed by atoms with E-state index in [-0.39, 0.29) is 11.9 Å². The van der Waals surface area contributed by atoms with Crippen LogP contribution in [0.5, 0.6) is 0 Å². The van der Waals surface area contributed by atoms with Gasteiger partial charge in [-0.05, 0) is 48.2 Å². The summed E-state index contributed by atoms with van der Waals surface area (Å²) in [5.41, 5.74) is 3.33. The Morgan fingerprint density at radius 2 is 1.58 bits per heavy atom. The summed E-state index contributed by atoms with van der Waals surface area (Å²) in [7, 11) is 0. The van der Waals surface area contributed by atoms with Gasteiger partial charge in [0.25, 0.3) is 0 Å². The third kappa shape index (κ3) is 3.57. The third-order valence-corrected chi connectivity index (χ3v) is 3.31. The summed E-state index contributed by atoms with van der Waals surface area (Å²) >= 11 is 0. The number of hydrogen-bond donors (Lipinski definition) is 1. The Labute approximate surface area is 114 Å². The molecule has 0 radical (unpaired) electrons. The molecule has 0 heterocycles. The van der Waals surface area contributed by atoms with Crippen LogP contribution in [0.1, 0.15) is 43.9 Å². The normalized spacial score (nSPS) is 12.5. The Kier molecular flexibility index (Phi) is 4.20. The molecule has 0 fully saturated rings. The van der Waals surface area contributed by atoms with Crippen molar-refractivity contribution in [3.05, 3.63) is 65.5 Å². The molecular formula is C17H20FN. The van der Waals surface area contributed by atoms with Gasteiger partial charge in [0.05, 0.1) is 0 Å². The van der Waals surface area contributed by atoms with Crippen LogP contribution in [-0.4, -0.2) is 0 Å². The van der Waals surface area contributed by atoms with Crippen LogP contribution < -0.4 is 5.32 Å². The lowest BCUT2D eigenvalue weighted by atomic mass is 10.0. The SMILES string of the molecule is CC(C)c1ccc(NC(C)c2cccc(F)c2)cc1.